The molecule has 1 aliphatic rings. The van der Waals surface area contributed by atoms with Crippen LogP contribution in [0, 0.1) is 0 Å². The Kier molecular flexibility index (Phi) is 4.64. The fraction of sp³-hybridized carbons (Fsp3) is 0.786. The van der Waals surface area contributed by atoms with Gasteiger partial charge >= 0.3 is 5.69 Å². The van der Waals surface area contributed by atoms with Crippen molar-refractivity contribution < 1.29 is 0 Å². The molecule has 4 nitrogen and oxygen atoms in total. The Morgan fingerprint density at radius 3 is 2.83 bits per heavy atom. The highest BCUT2D eigenvalue weighted by Gasteiger charge is 2.25. The molecule has 1 heterocycles. The Morgan fingerprint density at radius 1 is 1.39 bits per heavy atom. The number of nitrogens with zero attached hydrogens (tertiary/aromatic N) is 2. The average Bonchev–Trinajstić information content (AvgIpc) is 3.11. The Balaban J connectivity index is 1.72. The van der Waals surface area contributed by atoms with Crippen molar-refractivity contribution in [1.29, 1.82) is 0 Å². The van der Waals surface area contributed by atoms with E-state index in [1.165, 1.54) is 25.7 Å². The molecule has 1 aromatic heterocycles. The molecule has 0 aliphatic heterocycles. The van der Waals surface area contributed by atoms with Gasteiger partial charge in [0, 0.05) is 31.0 Å². The molecule has 18 heavy (non-hydrogen) atoms. The van der Waals surface area contributed by atoms with Crippen molar-refractivity contribution in [2.45, 2.75) is 64.6 Å². The molecular weight excluding hydrogens is 226 g/mol. The third kappa shape index (κ3) is 3.48. The minimum absolute atomic E-state index is 0.178. The van der Waals surface area contributed by atoms with E-state index in [2.05, 4.69) is 19.2 Å². The van der Waals surface area contributed by atoms with Crippen LogP contribution in [0.5, 0.6) is 0 Å². The second-order valence-corrected chi connectivity index (χ2v) is 5.37. The summed E-state index contributed by atoms with van der Waals surface area (Å²) in [7, 11) is 0. The van der Waals surface area contributed by atoms with Crippen LogP contribution in [-0.4, -0.2) is 21.7 Å². The first kappa shape index (κ1) is 13.4. The topological polar surface area (TPSA) is 39.0 Å². The molecule has 0 radical (unpaired) electrons. The van der Waals surface area contributed by atoms with Gasteiger partial charge in [-0.05, 0) is 39.2 Å². The van der Waals surface area contributed by atoms with E-state index in [4.69, 9.17) is 0 Å². The number of nitrogens with one attached hydrogen (secondary N) is 1. The first-order valence-corrected chi connectivity index (χ1v) is 7.23. The maximum absolute atomic E-state index is 12.0. The smallest absolute Gasteiger partial charge is 0.315 e. The minimum atomic E-state index is 0.178. The summed E-state index contributed by atoms with van der Waals surface area (Å²) in [5.41, 5.74) is 0.178. The van der Waals surface area contributed by atoms with Crippen LogP contribution in [0.15, 0.2) is 17.2 Å². The van der Waals surface area contributed by atoms with Crippen LogP contribution in [0.1, 0.15) is 52.0 Å². The third-order valence-corrected chi connectivity index (χ3v) is 3.65. The molecule has 1 fully saturated rings. The first-order valence-electron chi connectivity index (χ1n) is 7.23. The van der Waals surface area contributed by atoms with E-state index in [-0.39, 0.29) is 5.69 Å². The summed E-state index contributed by atoms with van der Waals surface area (Å²) in [4.78, 5) is 12.0. The van der Waals surface area contributed by atoms with Gasteiger partial charge in [0.1, 0.15) is 0 Å². The largest absolute Gasteiger partial charge is 0.328 e. The lowest BCUT2D eigenvalue weighted by atomic mass is 10.1. The second kappa shape index (κ2) is 6.23. The summed E-state index contributed by atoms with van der Waals surface area (Å²) in [6.45, 7) is 6.25. The molecule has 0 spiro atoms. The molecular formula is C14H25N3O. The van der Waals surface area contributed by atoms with Gasteiger partial charge in [-0.3, -0.25) is 9.13 Å². The lowest BCUT2D eigenvalue weighted by Gasteiger charge is -2.11. The molecule has 0 amide bonds. The number of hydrogen-bond acceptors (Lipinski definition) is 2. The fourth-order valence-corrected chi connectivity index (χ4v) is 2.41. The van der Waals surface area contributed by atoms with Gasteiger partial charge in [0.15, 0.2) is 0 Å². The maximum Gasteiger partial charge on any atom is 0.328 e. The van der Waals surface area contributed by atoms with E-state index in [1.807, 2.05) is 21.5 Å². The zero-order valence-corrected chi connectivity index (χ0v) is 11.6. The summed E-state index contributed by atoms with van der Waals surface area (Å²) in [6.07, 6.45) is 9.68. The molecule has 1 aromatic rings. The van der Waals surface area contributed by atoms with Crippen molar-refractivity contribution >= 4 is 0 Å². The van der Waals surface area contributed by atoms with Crippen molar-refractivity contribution in [3.63, 3.8) is 0 Å². The quantitative estimate of drug-likeness (QED) is 0.719. The highest BCUT2D eigenvalue weighted by atomic mass is 16.1. The summed E-state index contributed by atoms with van der Waals surface area (Å²) in [6, 6.07) is 1.08. The second-order valence-electron chi connectivity index (χ2n) is 5.37. The van der Waals surface area contributed by atoms with Gasteiger partial charge in [0.25, 0.3) is 0 Å². The molecule has 0 bridgehead atoms. The van der Waals surface area contributed by atoms with Crippen LogP contribution in [0.2, 0.25) is 0 Å². The monoisotopic (exact) mass is 251 g/mol. The predicted molar refractivity (Wildman–Crippen MR) is 74.0 cm³/mol. The molecule has 1 unspecified atom stereocenters. The van der Waals surface area contributed by atoms with E-state index in [9.17, 15) is 4.79 Å². The molecule has 1 atom stereocenters. The Hall–Kier alpha value is -1.03. The lowest BCUT2D eigenvalue weighted by Crippen LogP contribution is -2.26. The highest BCUT2D eigenvalue weighted by molar-refractivity contribution is 4.91. The van der Waals surface area contributed by atoms with Crippen molar-refractivity contribution in [2.75, 3.05) is 6.54 Å². The molecule has 1 N–H and O–H groups in total. The molecule has 0 saturated heterocycles. The minimum Gasteiger partial charge on any atom is -0.315 e. The van der Waals surface area contributed by atoms with Crippen molar-refractivity contribution in [3.05, 3.63) is 22.9 Å². The molecule has 2 rings (SSSR count). The summed E-state index contributed by atoms with van der Waals surface area (Å²) in [5, 5.41) is 3.41. The zero-order chi connectivity index (χ0) is 13.0. The van der Waals surface area contributed by atoms with Crippen LogP contribution in [0.25, 0.3) is 0 Å². The number of imidazole rings is 1. The standard InChI is InChI=1S/C14H25N3O/c1-3-15-12(2)6-4-5-9-16-10-11-17(14(16)18)13-7-8-13/h10-13,15H,3-9H2,1-2H3. The summed E-state index contributed by atoms with van der Waals surface area (Å²) < 4.78 is 3.75. The van der Waals surface area contributed by atoms with Crippen LogP contribution in [0.4, 0.5) is 0 Å². The molecule has 4 heteroatoms. The van der Waals surface area contributed by atoms with E-state index in [0.717, 1.165) is 19.5 Å². The summed E-state index contributed by atoms with van der Waals surface area (Å²) in [5.74, 6) is 0. The van der Waals surface area contributed by atoms with Gasteiger partial charge in [0.2, 0.25) is 0 Å². The fourth-order valence-electron chi connectivity index (χ4n) is 2.41. The number of aryl methyl sites for hydroxylation is 1. The van der Waals surface area contributed by atoms with Crippen molar-refractivity contribution in [2.24, 2.45) is 0 Å². The van der Waals surface area contributed by atoms with E-state index >= 15 is 0 Å². The van der Waals surface area contributed by atoms with Gasteiger partial charge in [-0.2, -0.15) is 0 Å². The normalized spacial score (nSPS) is 17.0. The average molecular weight is 251 g/mol. The highest BCUT2D eigenvalue weighted by Crippen LogP contribution is 2.33. The van der Waals surface area contributed by atoms with Gasteiger partial charge in [-0.1, -0.05) is 13.3 Å². The van der Waals surface area contributed by atoms with Crippen molar-refractivity contribution in [1.82, 2.24) is 14.5 Å². The SMILES string of the molecule is CCNC(C)CCCCn1ccn(C2CC2)c1=O. The van der Waals surface area contributed by atoms with E-state index in [0.29, 0.717) is 12.1 Å². The first-order chi connectivity index (χ1) is 8.72. The van der Waals surface area contributed by atoms with Crippen LogP contribution in [0.3, 0.4) is 0 Å². The van der Waals surface area contributed by atoms with E-state index < -0.39 is 0 Å². The van der Waals surface area contributed by atoms with E-state index in [1.54, 1.807) is 0 Å². The van der Waals surface area contributed by atoms with Gasteiger partial charge in [0.05, 0.1) is 0 Å². The number of aromatic nitrogens is 2. The number of rotatable bonds is 8. The Bertz CT molecular complexity index is 417. The van der Waals surface area contributed by atoms with Gasteiger partial charge in [-0.25, -0.2) is 4.79 Å². The lowest BCUT2D eigenvalue weighted by molar-refractivity contribution is 0.481. The molecule has 0 aromatic carbocycles. The van der Waals surface area contributed by atoms with Crippen molar-refractivity contribution in [3.8, 4) is 0 Å². The zero-order valence-electron chi connectivity index (χ0n) is 11.6. The number of unbranched alkanes of at least 4 members (excludes halogenated alkanes) is 1. The Morgan fingerprint density at radius 2 is 2.17 bits per heavy atom. The number of hydrogen-bond donors (Lipinski definition) is 1. The maximum atomic E-state index is 12.0. The molecule has 1 aliphatic carbocycles. The Labute approximate surface area is 109 Å². The van der Waals surface area contributed by atoms with Gasteiger partial charge < -0.3 is 5.32 Å². The summed E-state index contributed by atoms with van der Waals surface area (Å²) >= 11 is 0. The third-order valence-electron chi connectivity index (χ3n) is 3.65. The predicted octanol–water partition coefficient (Wildman–Crippen LogP) is 2.15. The van der Waals surface area contributed by atoms with Gasteiger partial charge in [-0.15, -0.1) is 0 Å². The molecule has 1 saturated carbocycles. The molecule has 102 valence electrons. The van der Waals surface area contributed by atoms with Crippen LogP contribution in [-0.2, 0) is 6.54 Å². The van der Waals surface area contributed by atoms with Crippen LogP contribution < -0.4 is 11.0 Å². The van der Waals surface area contributed by atoms with Crippen LogP contribution >= 0.6 is 0 Å².